The number of rotatable bonds is 8. The summed E-state index contributed by atoms with van der Waals surface area (Å²) in [7, 11) is -3.28. The van der Waals surface area contributed by atoms with Crippen molar-refractivity contribution in [2.75, 3.05) is 32.8 Å². The van der Waals surface area contributed by atoms with Gasteiger partial charge in [0.1, 0.15) is 0 Å². The van der Waals surface area contributed by atoms with Crippen LogP contribution in [0.1, 0.15) is 23.7 Å². The molecule has 1 fully saturated rings. The van der Waals surface area contributed by atoms with Crippen LogP contribution in [0.4, 0.5) is 0 Å². The van der Waals surface area contributed by atoms with Crippen LogP contribution >= 0.6 is 0 Å². The van der Waals surface area contributed by atoms with Gasteiger partial charge in [-0.15, -0.1) is 0 Å². The third kappa shape index (κ3) is 5.92. The number of ether oxygens (including phenoxy) is 1. The lowest BCUT2D eigenvalue weighted by Crippen LogP contribution is -2.39. The van der Waals surface area contributed by atoms with E-state index < -0.39 is 10.0 Å². The Morgan fingerprint density at radius 1 is 1.04 bits per heavy atom. The Labute approximate surface area is 156 Å². The first-order chi connectivity index (χ1) is 12.6. The summed E-state index contributed by atoms with van der Waals surface area (Å²) in [4.78, 5) is 2.34. The third-order valence-corrected chi connectivity index (χ3v) is 5.85. The van der Waals surface area contributed by atoms with Gasteiger partial charge in [0.2, 0.25) is 10.0 Å². The van der Waals surface area contributed by atoms with Gasteiger partial charge in [-0.3, -0.25) is 4.90 Å². The summed E-state index contributed by atoms with van der Waals surface area (Å²) in [5.74, 6) is 0.0292. The maximum Gasteiger partial charge on any atom is 0.215 e. The summed E-state index contributed by atoms with van der Waals surface area (Å²) >= 11 is 0. The molecule has 1 aliphatic rings. The average molecular weight is 375 g/mol. The molecular weight excluding hydrogens is 348 g/mol. The summed E-state index contributed by atoms with van der Waals surface area (Å²) in [6.07, 6.45) is 0.884. The van der Waals surface area contributed by atoms with Crippen LogP contribution < -0.4 is 4.72 Å². The monoisotopic (exact) mass is 374 g/mol. The zero-order valence-electron chi connectivity index (χ0n) is 14.9. The molecule has 0 aliphatic carbocycles. The summed E-state index contributed by atoms with van der Waals surface area (Å²) in [6, 6.07) is 19.5. The van der Waals surface area contributed by atoms with E-state index in [1.165, 1.54) is 5.56 Å². The first-order valence-corrected chi connectivity index (χ1v) is 10.7. The van der Waals surface area contributed by atoms with E-state index in [9.17, 15) is 8.42 Å². The molecule has 2 aromatic carbocycles. The number of nitrogens with one attached hydrogen (secondary N) is 1. The molecule has 26 heavy (non-hydrogen) atoms. The quantitative estimate of drug-likeness (QED) is 0.722. The van der Waals surface area contributed by atoms with Gasteiger partial charge in [0.05, 0.1) is 18.5 Å². The van der Waals surface area contributed by atoms with Crippen molar-refractivity contribution in [1.29, 1.82) is 0 Å². The first-order valence-electron chi connectivity index (χ1n) is 9.02. The molecule has 0 spiro atoms. The van der Waals surface area contributed by atoms with Gasteiger partial charge in [0.15, 0.2) is 0 Å². The second-order valence-electron chi connectivity index (χ2n) is 6.56. The van der Waals surface area contributed by atoms with Crippen LogP contribution in [0.25, 0.3) is 0 Å². The van der Waals surface area contributed by atoms with Crippen molar-refractivity contribution in [3.63, 3.8) is 0 Å². The van der Waals surface area contributed by atoms with Crippen molar-refractivity contribution < 1.29 is 13.2 Å². The molecule has 140 valence electrons. The van der Waals surface area contributed by atoms with Crippen LogP contribution in [0.15, 0.2) is 60.7 Å². The maximum absolute atomic E-state index is 12.1. The molecule has 6 heteroatoms. The number of benzene rings is 2. The fourth-order valence-electron chi connectivity index (χ4n) is 3.15. The van der Waals surface area contributed by atoms with Gasteiger partial charge in [-0.1, -0.05) is 60.7 Å². The van der Waals surface area contributed by atoms with Crippen LogP contribution in [0, 0.1) is 0 Å². The second-order valence-corrected chi connectivity index (χ2v) is 8.37. The van der Waals surface area contributed by atoms with E-state index in [1.807, 2.05) is 48.5 Å². The van der Waals surface area contributed by atoms with Gasteiger partial charge in [0.25, 0.3) is 0 Å². The number of hydrogen-bond donors (Lipinski definition) is 1. The molecule has 0 amide bonds. The Morgan fingerprint density at radius 3 is 2.46 bits per heavy atom. The molecule has 1 atom stereocenters. The lowest BCUT2D eigenvalue weighted by atomic mass is 10.1. The lowest BCUT2D eigenvalue weighted by molar-refractivity contribution is -0.0300. The molecule has 1 saturated heterocycles. The van der Waals surface area contributed by atoms with E-state index in [2.05, 4.69) is 21.8 Å². The highest BCUT2D eigenvalue weighted by atomic mass is 32.2. The molecule has 0 radical (unpaired) electrons. The molecule has 0 unspecified atom stereocenters. The van der Waals surface area contributed by atoms with E-state index in [4.69, 9.17) is 4.74 Å². The minimum atomic E-state index is -3.28. The number of morpholine rings is 1. The Bertz CT molecular complexity index is 766. The Balaban J connectivity index is 1.40. The topological polar surface area (TPSA) is 58.6 Å². The summed E-state index contributed by atoms with van der Waals surface area (Å²) in [5, 5.41) is 0. The molecule has 2 aromatic rings. The van der Waals surface area contributed by atoms with E-state index in [0.717, 1.165) is 31.6 Å². The van der Waals surface area contributed by atoms with Crippen molar-refractivity contribution in [2.24, 2.45) is 0 Å². The van der Waals surface area contributed by atoms with Gasteiger partial charge >= 0.3 is 0 Å². The largest absolute Gasteiger partial charge is 0.371 e. The lowest BCUT2D eigenvalue weighted by Gasteiger charge is -2.33. The number of nitrogens with zero attached hydrogens (tertiary/aromatic N) is 1. The Kier molecular flexibility index (Phi) is 6.80. The molecule has 1 aliphatic heterocycles. The molecule has 1 heterocycles. The van der Waals surface area contributed by atoms with Crippen molar-refractivity contribution in [2.45, 2.75) is 18.3 Å². The predicted octanol–water partition coefficient (Wildman–Crippen LogP) is 2.57. The zero-order valence-corrected chi connectivity index (χ0v) is 15.7. The second kappa shape index (κ2) is 9.28. The van der Waals surface area contributed by atoms with Crippen LogP contribution in [-0.4, -0.2) is 46.1 Å². The summed E-state index contributed by atoms with van der Waals surface area (Å²) in [5.41, 5.74) is 2.00. The van der Waals surface area contributed by atoms with E-state index in [-0.39, 0.29) is 11.9 Å². The zero-order chi connectivity index (χ0) is 18.2. The fourth-order valence-corrected chi connectivity index (χ4v) is 4.34. The normalized spacial score (nSPS) is 18.7. The number of sulfonamides is 1. The van der Waals surface area contributed by atoms with Gasteiger partial charge in [-0.25, -0.2) is 13.1 Å². The van der Waals surface area contributed by atoms with Gasteiger partial charge in [0, 0.05) is 19.6 Å². The van der Waals surface area contributed by atoms with Crippen LogP contribution in [0.5, 0.6) is 0 Å². The number of hydrogen-bond acceptors (Lipinski definition) is 4. The Hall–Kier alpha value is -1.73. The van der Waals surface area contributed by atoms with Gasteiger partial charge in [-0.05, 0) is 24.1 Å². The highest BCUT2D eigenvalue weighted by Gasteiger charge is 2.21. The summed E-state index contributed by atoms with van der Waals surface area (Å²) in [6.45, 7) is 3.77. The van der Waals surface area contributed by atoms with Crippen LogP contribution in [-0.2, 0) is 20.5 Å². The van der Waals surface area contributed by atoms with E-state index in [1.54, 1.807) is 0 Å². The van der Waals surface area contributed by atoms with Crippen molar-refractivity contribution in [3.05, 3.63) is 71.8 Å². The average Bonchev–Trinajstić information content (AvgIpc) is 2.67. The molecule has 5 nitrogen and oxygen atoms in total. The molecule has 0 bridgehead atoms. The SMILES string of the molecule is O=S(=O)(Cc1ccccc1)NCCCN1CCO[C@@H](c2ccccc2)C1. The molecule has 3 rings (SSSR count). The molecule has 1 N–H and O–H groups in total. The highest BCUT2D eigenvalue weighted by Crippen LogP contribution is 2.21. The summed E-state index contributed by atoms with van der Waals surface area (Å²) < 4.78 is 32.9. The van der Waals surface area contributed by atoms with Gasteiger partial charge < -0.3 is 4.74 Å². The molecular formula is C20H26N2O3S. The van der Waals surface area contributed by atoms with Crippen molar-refractivity contribution in [1.82, 2.24) is 9.62 Å². The Morgan fingerprint density at radius 2 is 1.73 bits per heavy atom. The van der Waals surface area contributed by atoms with E-state index >= 15 is 0 Å². The molecule has 0 saturated carbocycles. The highest BCUT2D eigenvalue weighted by molar-refractivity contribution is 7.88. The smallest absolute Gasteiger partial charge is 0.215 e. The van der Waals surface area contributed by atoms with Crippen LogP contribution in [0.2, 0.25) is 0 Å². The third-order valence-electron chi connectivity index (χ3n) is 4.49. The standard InChI is InChI=1S/C20H26N2O3S/c23-26(24,17-18-8-3-1-4-9-18)21-12-7-13-22-14-15-25-20(16-22)19-10-5-2-6-11-19/h1-6,8-11,20-21H,7,12-17H2/t20-/m1/s1. The fraction of sp³-hybridized carbons (Fsp3) is 0.400. The first kappa shape index (κ1) is 19.0. The van der Waals surface area contributed by atoms with Crippen LogP contribution in [0.3, 0.4) is 0 Å². The predicted molar refractivity (Wildman–Crippen MR) is 103 cm³/mol. The minimum Gasteiger partial charge on any atom is -0.371 e. The minimum absolute atomic E-state index is 0.0292. The van der Waals surface area contributed by atoms with Gasteiger partial charge in [-0.2, -0.15) is 0 Å². The molecule has 0 aromatic heterocycles. The maximum atomic E-state index is 12.1. The van der Waals surface area contributed by atoms with Crippen molar-refractivity contribution in [3.8, 4) is 0 Å². The van der Waals surface area contributed by atoms with Crippen molar-refractivity contribution >= 4 is 10.0 Å². The van der Waals surface area contributed by atoms with E-state index in [0.29, 0.717) is 13.2 Å².